The van der Waals surface area contributed by atoms with Crippen LogP contribution in [0.25, 0.3) is 0 Å². The number of nitrogens with zero attached hydrogens (tertiary/aromatic N) is 2. The molecule has 0 aromatic carbocycles. The molecule has 0 radical (unpaired) electrons. The van der Waals surface area contributed by atoms with Crippen molar-refractivity contribution in [2.24, 2.45) is 5.92 Å². The molecule has 2 aliphatic rings. The second-order valence-electron chi connectivity index (χ2n) is 7.79. The summed E-state index contributed by atoms with van der Waals surface area (Å²) < 4.78 is 22.3. The zero-order valence-corrected chi connectivity index (χ0v) is 19.0. The molecule has 0 aliphatic carbocycles. The first-order valence-corrected chi connectivity index (χ1v) is 12.2. The summed E-state index contributed by atoms with van der Waals surface area (Å²) in [5.74, 6) is 9.87. The van der Waals surface area contributed by atoms with Gasteiger partial charge in [-0.15, -0.1) is 11.3 Å². The topological polar surface area (TPSA) is 144 Å². The van der Waals surface area contributed by atoms with E-state index in [1.807, 2.05) is 0 Å². The van der Waals surface area contributed by atoms with E-state index in [1.54, 1.807) is 6.07 Å². The van der Waals surface area contributed by atoms with Gasteiger partial charge in [0.2, 0.25) is 0 Å². The predicted octanol–water partition coefficient (Wildman–Crippen LogP) is 0.367. The number of fused-ring (bicyclic) bond motifs is 1. The van der Waals surface area contributed by atoms with Crippen LogP contribution in [0.2, 0.25) is 0 Å². The summed E-state index contributed by atoms with van der Waals surface area (Å²) in [6.07, 6.45) is -0.216. The Hall–Kier alpha value is -3.06. The van der Waals surface area contributed by atoms with Gasteiger partial charge in [0.15, 0.2) is 14.6 Å². The Kier molecular flexibility index (Phi) is 6.51. The van der Waals surface area contributed by atoms with Gasteiger partial charge in [-0.3, -0.25) is 14.8 Å². The average molecular weight is 480 g/mol. The Morgan fingerprint density at radius 1 is 1.34 bits per heavy atom. The fraction of sp³-hybridized carbons (Fsp3) is 0.450. The summed E-state index contributed by atoms with van der Waals surface area (Å²) in [7, 11) is -3.84. The quantitative estimate of drug-likeness (QED) is 0.314. The highest BCUT2D eigenvalue weighted by Gasteiger charge is 2.44. The van der Waals surface area contributed by atoms with Crippen molar-refractivity contribution in [3.63, 3.8) is 0 Å². The first kappa shape index (κ1) is 23.6. The molecule has 170 valence electrons. The van der Waals surface area contributed by atoms with E-state index < -0.39 is 26.6 Å². The molecule has 0 bridgehead atoms. The molecule has 0 spiro atoms. The predicted molar refractivity (Wildman–Crippen MR) is 115 cm³/mol. The van der Waals surface area contributed by atoms with E-state index in [9.17, 15) is 22.8 Å². The van der Waals surface area contributed by atoms with Crippen molar-refractivity contribution in [3.8, 4) is 23.7 Å². The van der Waals surface area contributed by atoms with E-state index >= 15 is 0 Å². The number of likely N-dealkylation sites (tertiary alicyclic amines) is 1. The van der Waals surface area contributed by atoms with Gasteiger partial charge in [0, 0.05) is 32.4 Å². The second kappa shape index (κ2) is 8.82. The third kappa shape index (κ3) is 4.58. The molecule has 1 unspecified atom stereocenters. The molecular formula is C20H21N3O7S2. The second-order valence-corrected chi connectivity index (χ2v) is 11.3. The monoisotopic (exact) mass is 479 g/mol. The normalized spacial score (nSPS) is 17.3. The zero-order valence-electron chi connectivity index (χ0n) is 17.3. The van der Waals surface area contributed by atoms with Gasteiger partial charge in [0.25, 0.3) is 11.8 Å². The molecule has 2 aliphatic heterocycles. The summed E-state index contributed by atoms with van der Waals surface area (Å²) >= 11 is 1.21. The Bertz CT molecular complexity index is 1190. The molecule has 1 aromatic rings. The molecule has 1 atom stereocenters. The maximum absolute atomic E-state index is 12.7. The Labute approximate surface area is 189 Å². The minimum atomic E-state index is -3.84. The third-order valence-corrected chi connectivity index (χ3v) is 8.69. The van der Waals surface area contributed by atoms with E-state index in [0.29, 0.717) is 22.8 Å². The first-order chi connectivity index (χ1) is 15.0. The smallest absolute Gasteiger partial charge is 0.407 e. The van der Waals surface area contributed by atoms with Crippen LogP contribution in [0.5, 0.6) is 0 Å². The average Bonchev–Trinajstić information content (AvgIpc) is 3.21. The maximum atomic E-state index is 12.7. The fourth-order valence-electron chi connectivity index (χ4n) is 3.28. The number of amides is 3. The lowest BCUT2D eigenvalue weighted by molar-refractivity contribution is -0.131. The van der Waals surface area contributed by atoms with E-state index in [0.717, 1.165) is 11.8 Å². The minimum absolute atomic E-state index is 0.0191. The highest BCUT2D eigenvalue weighted by Crippen LogP contribution is 2.32. The van der Waals surface area contributed by atoms with Crippen molar-refractivity contribution in [2.75, 3.05) is 25.9 Å². The molecule has 3 heterocycles. The Balaban J connectivity index is 1.60. The maximum Gasteiger partial charge on any atom is 0.407 e. The number of thiophene rings is 1. The van der Waals surface area contributed by atoms with Crippen molar-refractivity contribution >= 4 is 39.1 Å². The van der Waals surface area contributed by atoms with Crippen LogP contribution in [0.1, 0.15) is 33.5 Å². The Morgan fingerprint density at radius 2 is 2.03 bits per heavy atom. The summed E-state index contributed by atoms with van der Waals surface area (Å²) in [5.41, 5.74) is 2.15. The van der Waals surface area contributed by atoms with E-state index in [-0.39, 0.29) is 31.3 Å². The molecule has 1 fully saturated rings. The summed E-state index contributed by atoms with van der Waals surface area (Å²) in [5, 5.41) is 17.7. The van der Waals surface area contributed by atoms with Gasteiger partial charge in [-0.1, -0.05) is 5.92 Å². The van der Waals surface area contributed by atoms with Gasteiger partial charge in [-0.2, -0.15) is 0 Å². The Morgan fingerprint density at radius 3 is 2.59 bits per heavy atom. The van der Waals surface area contributed by atoms with Gasteiger partial charge in [0.05, 0.1) is 15.7 Å². The largest absolute Gasteiger partial charge is 0.465 e. The lowest BCUT2D eigenvalue weighted by atomic mass is 10.0. The van der Waals surface area contributed by atoms with Crippen LogP contribution in [-0.4, -0.2) is 77.1 Å². The van der Waals surface area contributed by atoms with Crippen molar-refractivity contribution < 1.29 is 33.1 Å². The number of carboxylic acid groups (broad SMARTS) is 1. The number of hydroxylamine groups is 1. The highest BCUT2D eigenvalue weighted by molar-refractivity contribution is 7.92. The SMILES string of the molecule is CC(CCN1Cc2cc(C#CC#CC3CN(C(=O)O)C3)sc2C1=O)(C(=O)NO)S(C)(=O)=O. The third-order valence-electron chi connectivity index (χ3n) is 5.59. The minimum Gasteiger partial charge on any atom is -0.465 e. The van der Waals surface area contributed by atoms with Crippen LogP contribution < -0.4 is 5.48 Å². The number of carbonyl (C=O) groups excluding carboxylic acids is 2. The van der Waals surface area contributed by atoms with Gasteiger partial charge < -0.3 is 14.9 Å². The molecule has 12 heteroatoms. The number of sulfone groups is 1. The molecular weight excluding hydrogens is 458 g/mol. The van der Waals surface area contributed by atoms with Crippen LogP contribution in [0.3, 0.4) is 0 Å². The van der Waals surface area contributed by atoms with Crippen molar-refractivity contribution in [1.82, 2.24) is 15.3 Å². The van der Waals surface area contributed by atoms with Crippen LogP contribution in [0, 0.1) is 29.6 Å². The van der Waals surface area contributed by atoms with E-state index in [1.165, 1.54) is 33.5 Å². The van der Waals surface area contributed by atoms with Crippen molar-refractivity contribution in [1.29, 1.82) is 0 Å². The lowest BCUT2D eigenvalue weighted by Crippen LogP contribution is -2.50. The van der Waals surface area contributed by atoms with Gasteiger partial charge in [0.1, 0.15) is 0 Å². The highest BCUT2D eigenvalue weighted by atomic mass is 32.2. The van der Waals surface area contributed by atoms with Crippen LogP contribution in [0.15, 0.2) is 6.07 Å². The summed E-state index contributed by atoms with van der Waals surface area (Å²) in [6, 6.07) is 1.78. The molecule has 10 nitrogen and oxygen atoms in total. The molecule has 1 aromatic heterocycles. The number of hydrogen-bond donors (Lipinski definition) is 3. The van der Waals surface area contributed by atoms with E-state index in [2.05, 4.69) is 23.7 Å². The number of hydrogen-bond acceptors (Lipinski definition) is 7. The van der Waals surface area contributed by atoms with Crippen molar-refractivity contribution in [3.05, 3.63) is 21.4 Å². The van der Waals surface area contributed by atoms with Gasteiger partial charge in [-0.05, 0) is 42.7 Å². The summed E-state index contributed by atoms with van der Waals surface area (Å²) in [4.78, 5) is 39.2. The molecule has 32 heavy (non-hydrogen) atoms. The number of nitrogens with one attached hydrogen (secondary N) is 1. The van der Waals surface area contributed by atoms with Crippen LogP contribution >= 0.6 is 11.3 Å². The number of carbonyl (C=O) groups is 3. The van der Waals surface area contributed by atoms with Crippen LogP contribution in [0.4, 0.5) is 4.79 Å². The first-order valence-electron chi connectivity index (χ1n) is 9.52. The zero-order chi connectivity index (χ0) is 23.7. The van der Waals surface area contributed by atoms with Gasteiger partial charge in [-0.25, -0.2) is 18.7 Å². The van der Waals surface area contributed by atoms with Crippen molar-refractivity contribution in [2.45, 2.75) is 24.6 Å². The number of rotatable bonds is 5. The molecule has 0 saturated carbocycles. The molecule has 3 N–H and O–H groups in total. The fourth-order valence-corrected chi connectivity index (χ4v) is 5.12. The van der Waals surface area contributed by atoms with E-state index in [4.69, 9.17) is 10.3 Å². The molecule has 1 saturated heterocycles. The lowest BCUT2D eigenvalue weighted by Gasteiger charge is -2.33. The van der Waals surface area contributed by atoms with Gasteiger partial charge >= 0.3 is 6.09 Å². The van der Waals surface area contributed by atoms with Crippen LogP contribution in [-0.2, 0) is 21.2 Å². The summed E-state index contributed by atoms with van der Waals surface area (Å²) in [6.45, 7) is 2.26. The molecule has 3 amide bonds. The standard InChI is InChI=1S/C20H21N3O7S2/c1-20(18(25)21-28,32(2,29)30)7-8-22-12-14-9-15(31-16(14)17(22)24)6-4-3-5-13-10-23(11-13)19(26)27/h9,13,28H,7-8,10-12H2,1-2H3,(H,21,25)(H,26,27). The molecule has 3 rings (SSSR count).